The van der Waals surface area contributed by atoms with Gasteiger partial charge >= 0.3 is 5.97 Å². The van der Waals surface area contributed by atoms with Gasteiger partial charge in [0, 0.05) is 13.6 Å². The zero-order valence-corrected chi connectivity index (χ0v) is 9.44. The van der Waals surface area contributed by atoms with Gasteiger partial charge in [0.2, 0.25) is 0 Å². The number of ether oxygens (including phenoxy) is 1. The fourth-order valence-electron chi connectivity index (χ4n) is 0.945. The first-order valence-corrected chi connectivity index (χ1v) is 7.92. The molecule has 0 rings (SSSR count). The molecule has 0 N–H and O–H groups in total. The van der Waals surface area contributed by atoms with Crippen molar-refractivity contribution in [3.63, 3.8) is 0 Å². The highest BCUT2D eigenvalue weighted by molar-refractivity contribution is 6.77. The van der Waals surface area contributed by atoms with Gasteiger partial charge in [0.25, 0.3) is 0 Å². The molecule has 0 heterocycles. The van der Waals surface area contributed by atoms with Crippen LogP contribution < -0.4 is 0 Å². The van der Waals surface area contributed by atoms with Gasteiger partial charge in [-0.3, -0.25) is 0 Å². The second kappa shape index (κ2) is 4.45. The molecule has 0 aliphatic heterocycles. The third kappa shape index (κ3) is 5.13. The van der Waals surface area contributed by atoms with Crippen LogP contribution in [-0.4, -0.2) is 20.7 Å². The molecule has 0 aromatic heterocycles. The van der Waals surface area contributed by atoms with Crippen LogP contribution in [0.1, 0.15) is 6.92 Å². The van der Waals surface area contributed by atoms with Crippen LogP contribution >= 0.6 is 0 Å². The molecule has 70 valence electrons. The number of hydrogen-bond acceptors (Lipinski definition) is 2. The molecular formula is C9H18O2Si. The van der Waals surface area contributed by atoms with Crippen molar-refractivity contribution < 1.29 is 9.53 Å². The van der Waals surface area contributed by atoms with Crippen molar-refractivity contribution in [2.24, 2.45) is 0 Å². The quantitative estimate of drug-likeness (QED) is 0.383. The van der Waals surface area contributed by atoms with E-state index in [9.17, 15) is 4.79 Å². The predicted molar refractivity (Wildman–Crippen MR) is 53.9 cm³/mol. The first-order valence-electron chi connectivity index (χ1n) is 4.21. The third-order valence-corrected chi connectivity index (χ3v) is 2.80. The maximum absolute atomic E-state index is 11.1. The summed E-state index contributed by atoms with van der Waals surface area (Å²) in [6.45, 7) is 12.6. The van der Waals surface area contributed by atoms with E-state index in [-0.39, 0.29) is 5.97 Å². The Kier molecular flexibility index (Phi) is 4.24. The van der Waals surface area contributed by atoms with E-state index in [4.69, 9.17) is 4.74 Å². The van der Waals surface area contributed by atoms with Crippen LogP contribution in [0.3, 0.4) is 0 Å². The van der Waals surface area contributed by atoms with Crippen molar-refractivity contribution >= 4 is 14.0 Å². The minimum absolute atomic E-state index is 0.236. The van der Waals surface area contributed by atoms with Gasteiger partial charge in [0.05, 0.1) is 6.61 Å². The van der Waals surface area contributed by atoms with Gasteiger partial charge in [-0.25, -0.2) is 4.79 Å². The zero-order chi connectivity index (χ0) is 9.78. The van der Waals surface area contributed by atoms with Gasteiger partial charge in [-0.1, -0.05) is 26.2 Å². The molecule has 0 atom stereocenters. The summed E-state index contributed by atoms with van der Waals surface area (Å²) < 4.78 is 4.83. The second-order valence-corrected chi connectivity index (χ2v) is 9.54. The lowest BCUT2D eigenvalue weighted by molar-refractivity contribution is -0.138. The predicted octanol–water partition coefficient (Wildman–Crippen LogP) is 2.44. The standard InChI is InChI=1S/C9H18O2Si/c1-6-11-9(10)8(2)7-12(3,4)5/h2,6-7H2,1,3-5H3. The molecule has 0 bridgehead atoms. The zero-order valence-electron chi connectivity index (χ0n) is 8.44. The first-order chi connectivity index (χ1) is 5.37. The fraction of sp³-hybridized carbons (Fsp3) is 0.667. The summed E-state index contributed by atoms with van der Waals surface area (Å²) in [5.41, 5.74) is 0.621. The van der Waals surface area contributed by atoms with E-state index < -0.39 is 8.07 Å². The maximum Gasteiger partial charge on any atom is 0.333 e. The van der Waals surface area contributed by atoms with Crippen molar-refractivity contribution in [2.45, 2.75) is 32.6 Å². The average Bonchev–Trinajstić information content (AvgIpc) is 1.84. The number of rotatable bonds is 4. The Morgan fingerprint density at radius 3 is 2.25 bits per heavy atom. The molecule has 0 saturated carbocycles. The molecule has 3 heteroatoms. The molecule has 0 aromatic rings. The largest absolute Gasteiger partial charge is 0.463 e. The molecule has 0 fully saturated rings. The number of hydrogen-bond donors (Lipinski definition) is 0. The summed E-state index contributed by atoms with van der Waals surface area (Å²) in [5, 5.41) is 0. The molecule has 0 aliphatic rings. The van der Waals surface area contributed by atoms with E-state index in [1.54, 1.807) is 6.92 Å². The Hall–Kier alpha value is -0.573. The van der Waals surface area contributed by atoms with Gasteiger partial charge in [-0.05, 0) is 13.0 Å². The van der Waals surface area contributed by atoms with Crippen LogP contribution in [0.25, 0.3) is 0 Å². The summed E-state index contributed by atoms with van der Waals surface area (Å²) in [5.74, 6) is -0.236. The molecule has 0 radical (unpaired) electrons. The number of carbonyl (C=O) groups is 1. The Morgan fingerprint density at radius 1 is 1.42 bits per heavy atom. The summed E-state index contributed by atoms with van der Waals surface area (Å²) in [7, 11) is -1.21. The van der Waals surface area contributed by atoms with Gasteiger partial charge in [0.15, 0.2) is 0 Å². The Bertz CT molecular complexity index is 179. The molecule has 0 unspecified atom stereocenters. The highest BCUT2D eigenvalue weighted by atomic mass is 28.3. The number of esters is 1. The van der Waals surface area contributed by atoms with E-state index >= 15 is 0 Å². The van der Waals surface area contributed by atoms with Crippen LogP contribution in [0.4, 0.5) is 0 Å². The monoisotopic (exact) mass is 186 g/mol. The first kappa shape index (κ1) is 11.4. The maximum atomic E-state index is 11.1. The summed E-state index contributed by atoms with van der Waals surface area (Å²) >= 11 is 0. The van der Waals surface area contributed by atoms with Crippen molar-refractivity contribution in [3.8, 4) is 0 Å². The van der Waals surface area contributed by atoms with E-state index in [2.05, 4.69) is 26.2 Å². The molecule has 0 saturated heterocycles. The van der Waals surface area contributed by atoms with Crippen molar-refractivity contribution in [1.82, 2.24) is 0 Å². The third-order valence-electron chi connectivity index (χ3n) is 1.31. The van der Waals surface area contributed by atoms with E-state index in [0.29, 0.717) is 12.2 Å². The van der Waals surface area contributed by atoms with Gasteiger partial charge in [-0.2, -0.15) is 0 Å². The summed E-state index contributed by atoms with van der Waals surface area (Å²) in [6, 6.07) is 0.825. The molecule has 12 heavy (non-hydrogen) atoms. The highest BCUT2D eigenvalue weighted by Crippen LogP contribution is 2.15. The van der Waals surface area contributed by atoms with Crippen molar-refractivity contribution in [3.05, 3.63) is 12.2 Å². The van der Waals surface area contributed by atoms with Crippen LogP contribution in [0.5, 0.6) is 0 Å². The van der Waals surface area contributed by atoms with Crippen LogP contribution in [0, 0.1) is 0 Å². The molecule has 0 spiro atoms. The molecule has 0 aliphatic carbocycles. The van der Waals surface area contributed by atoms with Crippen molar-refractivity contribution in [1.29, 1.82) is 0 Å². The van der Waals surface area contributed by atoms with Crippen molar-refractivity contribution in [2.75, 3.05) is 6.61 Å². The molecule has 0 amide bonds. The lowest BCUT2D eigenvalue weighted by Gasteiger charge is -2.16. The van der Waals surface area contributed by atoms with Crippen LogP contribution in [0.15, 0.2) is 12.2 Å². The Balaban J connectivity index is 3.97. The Labute approximate surface area is 75.6 Å². The van der Waals surface area contributed by atoms with E-state index in [1.165, 1.54) is 0 Å². The number of carbonyl (C=O) groups excluding carboxylic acids is 1. The Morgan fingerprint density at radius 2 is 1.92 bits per heavy atom. The smallest absolute Gasteiger partial charge is 0.333 e. The molecule has 2 nitrogen and oxygen atoms in total. The van der Waals surface area contributed by atoms with Gasteiger partial charge in [-0.15, -0.1) is 0 Å². The van der Waals surface area contributed by atoms with E-state index in [1.807, 2.05) is 0 Å². The fourth-order valence-corrected chi connectivity index (χ4v) is 2.37. The summed E-state index contributed by atoms with van der Waals surface area (Å²) in [4.78, 5) is 11.1. The lowest BCUT2D eigenvalue weighted by atomic mass is 10.4. The summed E-state index contributed by atoms with van der Waals surface area (Å²) in [6.07, 6.45) is 0. The minimum atomic E-state index is -1.21. The second-order valence-electron chi connectivity index (χ2n) is 4.06. The van der Waals surface area contributed by atoms with Crippen LogP contribution in [0.2, 0.25) is 25.7 Å². The molecular weight excluding hydrogens is 168 g/mol. The van der Waals surface area contributed by atoms with Gasteiger partial charge < -0.3 is 4.74 Å². The SMILES string of the molecule is C=C(C[Si](C)(C)C)C(=O)OCC. The van der Waals surface area contributed by atoms with Crippen LogP contribution in [-0.2, 0) is 9.53 Å². The topological polar surface area (TPSA) is 26.3 Å². The average molecular weight is 186 g/mol. The highest BCUT2D eigenvalue weighted by Gasteiger charge is 2.18. The molecule has 0 aromatic carbocycles. The van der Waals surface area contributed by atoms with Gasteiger partial charge in [0.1, 0.15) is 0 Å². The lowest BCUT2D eigenvalue weighted by Crippen LogP contribution is -2.22. The normalized spacial score (nSPS) is 11.0. The minimum Gasteiger partial charge on any atom is -0.463 e. The van der Waals surface area contributed by atoms with E-state index in [0.717, 1.165) is 6.04 Å².